The van der Waals surface area contributed by atoms with Crippen LogP contribution in [-0.2, 0) is 23.7 Å². The van der Waals surface area contributed by atoms with Gasteiger partial charge in [0.2, 0.25) is 5.91 Å². The topological polar surface area (TPSA) is 228 Å². The molecule has 2 rings (SSSR count). The first-order valence-electron chi connectivity index (χ1n) is 29.9. The van der Waals surface area contributed by atoms with Crippen LogP contribution in [0.5, 0.6) is 0 Å². The van der Waals surface area contributed by atoms with E-state index >= 15 is 0 Å². The van der Waals surface area contributed by atoms with E-state index in [0.717, 1.165) is 44.9 Å². The lowest BCUT2D eigenvalue weighted by Crippen LogP contribution is -2.65. The number of aliphatic hydroxyl groups is 8. The van der Waals surface area contributed by atoms with Crippen molar-refractivity contribution in [3.05, 3.63) is 12.2 Å². The Labute approximate surface area is 437 Å². The van der Waals surface area contributed by atoms with Gasteiger partial charge in [-0.1, -0.05) is 244 Å². The number of rotatable bonds is 48. The number of amides is 1. The van der Waals surface area contributed by atoms with E-state index in [0.29, 0.717) is 6.42 Å². The number of hydrogen-bond donors (Lipinski definition) is 9. The van der Waals surface area contributed by atoms with Crippen molar-refractivity contribution in [3.8, 4) is 0 Å². The van der Waals surface area contributed by atoms with Crippen LogP contribution >= 0.6 is 0 Å². The van der Waals surface area contributed by atoms with Crippen LogP contribution in [0, 0.1) is 0 Å². The molecule has 14 heteroatoms. The van der Waals surface area contributed by atoms with E-state index in [9.17, 15) is 45.6 Å². The third-order valence-corrected chi connectivity index (χ3v) is 15.0. The molecule has 2 fully saturated rings. The zero-order valence-electron chi connectivity index (χ0n) is 45.7. The molecule has 0 aromatic carbocycles. The smallest absolute Gasteiger partial charge is 0.220 e. The molecule has 0 bridgehead atoms. The predicted octanol–water partition coefficient (Wildman–Crippen LogP) is 9.89. The van der Waals surface area contributed by atoms with Gasteiger partial charge in [-0.05, 0) is 19.3 Å². The van der Waals surface area contributed by atoms with E-state index in [1.807, 2.05) is 6.08 Å². The summed E-state index contributed by atoms with van der Waals surface area (Å²) in [5, 5.41) is 86.3. The molecule has 12 unspecified atom stereocenters. The molecule has 0 aromatic heterocycles. The molecule has 2 heterocycles. The Hall–Kier alpha value is -1.27. The molecule has 12 atom stereocenters. The molecule has 0 aromatic rings. The Morgan fingerprint density at radius 3 is 1.28 bits per heavy atom. The summed E-state index contributed by atoms with van der Waals surface area (Å²) in [5.74, 6) is -0.242. The standard InChI is InChI=1S/C58H111NO13/c1-3-5-7-9-10-11-12-13-14-15-16-17-18-19-20-21-22-23-24-25-26-27-28-29-30-31-32-33-34-35-36-38-40-42-50(63)59-46(47(62)41-39-37-8-6-4-2)45-69-57-55(68)53(66)56(49(44-61)71-57)72-58-54(67)52(65)51(64)48(43-60)70-58/h39,41,46-49,51-58,60-62,64-68H,3-38,40,42-45H2,1-2H3,(H,59,63)/b41-39+. The lowest BCUT2D eigenvalue weighted by Gasteiger charge is -2.46. The van der Waals surface area contributed by atoms with Crippen LogP contribution in [-0.4, -0.2) is 140 Å². The highest BCUT2D eigenvalue weighted by molar-refractivity contribution is 5.76. The average molecular weight is 1030 g/mol. The van der Waals surface area contributed by atoms with Crippen molar-refractivity contribution in [1.82, 2.24) is 5.32 Å². The van der Waals surface area contributed by atoms with Crippen molar-refractivity contribution in [1.29, 1.82) is 0 Å². The maximum Gasteiger partial charge on any atom is 0.220 e. The minimum atomic E-state index is -1.78. The minimum absolute atomic E-state index is 0.242. The molecule has 0 radical (unpaired) electrons. The summed E-state index contributed by atoms with van der Waals surface area (Å²) in [4.78, 5) is 13.1. The number of allylic oxidation sites excluding steroid dienone is 1. The maximum atomic E-state index is 13.1. The molecule has 14 nitrogen and oxygen atoms in total. The van der Waals surface area contributed by atoms with Crippen molar-refractivity contribution in [2.24, 2.45) is 0 Å². The number of ether oxygens (including phenoxy) is 4. The fourth-order valence-corrected chi connectivity index (χ4v) is 10.1. The summed E-state index contributed by atoms with van der Waals surface area (Å²) < 4.78 is 22.6. The van der Waals surface area contributed by atoms with E-state index in [1.165, 1.54) is 186 Å². The second-order valence-corrected chi connectivity index (χ2v) is 21.5. The molecule has 2 saturated heterocycles. The van der Waals surface area contributed by atoms with E-state index in [-0.39, 0.29) is 18.9 Å². The lowest BCUT2D eigenvalue weighted by molar-refractivity contribution is -0.359. The Kier molecular flexibility index (Phi) is 41.6. The van der Waals surface area contributed by atoms with Gasteiger partial charge in [0.05, 0.1) is 32.0 Å². The average Bonchev–Trinajstić information content (AvgIpc) is 3.38. The van der Waals surface area contributed by atoms with Gasteiger partial charge in [-0.15, -0.1) is 0 Å². The lowest BCUT2D eigenvalue weighted by atomic mass is 9.97. The molecule has 426 valence electrons. The largest absolute Gasteiger partial charge is 0.394 e. The number of hydrogen-bond acceptors (Lipinski definition) is 13. The maximum absolute atomic E-state index is 13.1. The van der Waals surface area contributed by atoms with Crippen molar-refractivity contribution in [2.75, 3.05) is 19.8 Å². The number of unbranched alkanes of at least 4 members (excludes halogenated alkanes) is 35. The second kappa shape index (κ2) is 44.8. The Morgan fingerprint density at radius 2 is 0.861 bits per heavy atom. The number of nitrogens with one attached hydrogen (secondary N) is 1. The fourth-order valence-electron chi connectivity index (χ4n) is 10.1. The highest BCUT2D eigenvalue weighted by atomic mass is 16.7. The van der Waals surface area contributed by atoms with Gasteiger partial charge >= 0.3 is 0 Å². The molecular formula is C58H111NO13. The Bertz CT molecular complexity index is 1260. The molecule has 0 saturated carbocycles. The summed E-state index contributed by atoms with van der Waals surface area (Å²) in [5.41, 5.74) is 0. The molecule has 0 aliphatic carbocycles. The predicted molar refractivity (Wildman–Crippen MR) is 286 cm³/mol. The SMILES string of the molecule is CCCCC/C=C/C(O)C(COC1OC(CO)C(OC2OC(CO)C(O)C(O)C2O)C(O)C1O)NC(=O)CCCCCCCCCCCCCCCCCCCCCCCCCCCCCCCCCCC. The fraction of sp³-hybridized carbons (Fsp3) is 0.948. The Morgan fingerprint density at radius 1 is 0.486 bits per heavy atom. The normalized spacial score (nSPS) is 25.6. The van der Waals surface area contributed by atoms with E-state index < -0.39 is 86.8 Å². The van der Waals surface area contributed by atoms with Crippen LogP contribution < -0.4 is 5.32 Å². The van der Waals surface area contributed by atoms with E-state index in [1.54, 1.807) is 6.08 Å². The molecule has 72 heavy (non-hydrogen) atoms. The highest BCUT2D eigenvalue weighted by Gasteiger charge is 2.51. The first kappa shape index (κ1) is 66.8. The monoisotopic (exact) mass is 1030 g/mol. The summed E-state index contributed by atoms with van der Waals surface area (Å²) in [6, 6.07) is -0.906. The first-order chi connectivity index (χ1) is 35.1. The quantitative estimate of drug-likeness (QED) is 0.0205. The van der Waals surface area contributed by atoms with Gasteiger partial charge in [0, 0.05) is 6.42 Å². The van der Waals surface area contributed by atoms with Gasteiger partial charge in [0.1, 0.15) is 48.8 Å². The van der Waals surface area contributed by atoms with Gasteiger partial charge in [-0.3, -0.25) is 4.79 Å². The summed E-state index contributed by atoms with van der Waals surface area (Å²) >= 11 is 0. The molecule has 1 amide bonds. The molecule has 0 spiro atoms. The van der Waals surface area contributed by atoms with Gasteiger partial charge in [0.15, 0.2) is 12.6 Å². The van der Waals surface area contributed by atoms with Gasteiger partial charge in [-0.25, -0.2) is 0 Å². The summed E-state index contributed by atoms with van der Waals surface area (Å²) in [7, 11) is 0. The van der Waals surface area contributed by atoms with E-state index in [2.05, 4.69) is 19.2 Å². The second-order valence-electron chi connectivity index (χ2n) is 21.5. The van der Waals surface area contributed by atoms with Crippen molar-refractivity contribution >= 4 is 5.91 Å². The zero-order valence-corrected chi connectivity index (χ0v) is 45.7. The third kappa shape index (κ3) is 30.5. The van der Waals surface area contributed by atoms with Crippen LogP contribution in [0.1, 0.15) is 258 Å². The van der Waals surface area contributed by atoms with Crippen LogP contribution in [0.2, 0.25) is 0 Å². The van der Waals surface area contributed by atoms with Crippen molar-refractivity contribution in [2.45, 2.75) is 331 Å². The molecule has 2 aliphatic rings. The third-order valence-electron chi connectivity index (χ3n) is 15.0. The van der Waals surface area contributed by atoms with Crippen LogP contribution in [0.15, 0.2) is 12.2 Å². The summed E-state index contributed by atoms with van der Waals surface area (Å²) in [6.45, 7) is 2.69. The van der Waals surface area contributed by atoms with Gasteiger partial charge in [0.25, 0.3) is 0 Å². The minimum Gasteiger partial charge on any atom is -0.394 e. The van der Waals surface area contributed by atoms with Crippen LogP contribution in [0.3, 0.4) is 0 Å². The molecular weight excluding hydrogens is 919 g/mol. The molecule has 2 aliphatic heterocycles. The Balaban J connectivity index is 1.51. The van der Waals surface area contributed by atoms with Gasteiger partial charge in [-0.2, -0.15) is 0 Å². The number of carbonyl (C=O) groups is 1. The first-order valence-corrected chi connectivity index (χ1v) is 29.9. The van der Waals surface area contributed by atoms with Crippen LogP contribution in [0.4, 0.5) is 0 Å². The van der Waals surface area contributed by atoms with Gasteiger partial charge < -0.3 is 65.1 Å². The highest BCUT2D eigenvalue weighted by Crippen LogP contribution is 2.30. The van der Waals surface area contributed by atoms with Crippen molar-refractivity contribution < 1.29 is 64.6 Å². The number of aliphatic hydroxyl groups excluding tert-OH is 8. The zero-order chi connectivity index (χ0) is 52.4. The number of carbonyl (C=O) groups excluding carboxylic acids is 1. The molecule has 9 N–H and O–H groups in total. The van der Waals surface area contributed by atoms with E-state index in [4.69, 9.17) is 18.9 Å². The van der Waals surface area contributed by atoms with Crippen LogP contribution in [0.25, 0.3) is 0 Å². The summed E-state index contributed by atoms with van der Waals surface area (Å²) in [6.07, 6.45) is 35.1. The van der Waals surface area contributed by atoms with Crippen molar-refractivity contribution in [3.63, 3.8) is 0 Å².